The average Bonchev–Trinajstić information content (AvgIpc) is 3.10. The summed E-state index contributed by atoms with van der Waals surface area (Å²) in [6, 6.07) is 7.95. The smallest absolute Gasteiger partial charge is 0.119 e. The number of ether oxygens (including phenoxy) is 3. The number of methoxy groups -OCH3 is 1. The minimum Gasteiger partial charge on any atom is -0.497 e. The third kappa shape index (κ3) is 2.94. The van der Waals surface area contributed by atoms with E-state index in [1.165, 1.54) is 0 Å². The van der Waals surface area contributed by atoms with E-state index >= 15 is 0 Å². The number of epoxide rings is 1. The predicted octanol–water partition coefficient (Wildman–Crippen LogP) is 2.17. The summed E-state index contributed by atoms with van der Waals surface area (Å²) in [5.41, 5.74) is 1.13. The quantitative estimate of drug-likeness (QED) is 0.695. The van der Waals surface area contributed by atoms with Crippen molar-refractivity contribution in [2.75, 3.05) is 20.3 Å². The molecule has 1 aromatic rings. The zero-order valence-corrected chi connectivity index (χ0v) is 9.10. The number of hydrogen-bond donors (Lipinski definition) is 0. The average molecular weight is 208 g/mol. The molecule has 2 atom stereocenters. The van der Waals surface area contributed by atoms with Gasteiger partial charge in [-0.05, 0) is 24.6 Å². The highest BCUT2D eigenvalue weighted by molar-refractivity contribution is 5.29. The Bertz CT molecular complexity index is 320. The zero-order valence-electron chi connectivity index (χ0n) is 9.10. The van der Waals surface area contributed by atoms with Gasteiger partial charge in [0.05, 0.1) is 26.4 Å². The van der Waals surface area contributed by atoms with E-state index < -0.39 is 0 Å². The Balaban J connectivity index is 1.93. The maximum atomic E-state index is 5.67. The first-order valence-corrected chi connectivity index (χ1v) is 5.17. The third-order valence-corrected chi connectivity index (χ3v) is 2.50. The van der Waals surface area contributed by atoms with Gasteiger partial charge in [-0.1, -0.05) is 12.1 Å². The molecule has 0 amide bonds. The van der Waals surface area contributed by atoms with Gasteiger partial charge in [0.15, 0.2) is 0 Å². The molecule has 0 radical (unpaired) electrons. The summed E-state index contributed by atoms with van der Waals surface area (Å²) < 4.78 is 15.9. The topological polar surface area (TPSA) is 31.0 Å². The van der Waals surface area contributed by atoms with Crippen molar-refractivity contribution in [2.45, 2.75) is 19.1 Å². The normalized spacial score (nSPS) is 21.1. The minimum absolute atomic E-state index is 0.0873. The monoisotopic (exact) mass is 208 g/mol. The molecule has 1 aliphatic rings. The van der Waals surface area contributed by atoms with E-state index in [4.69, 9.17) is 14.2 Å². The molecule has 15 heavy (non-hydrogen) atoms. The lowest BCUT2D eigenvalue weighted by Gasteiger charge is -2.13. The van der Waals surface area contributed by atoms with Crippen molar-refractivity contribution in [1.29, 1.82) is 0 Å². The summed E-state index contributed by atoms with van der Waals surface area (Å²) in [6.07, 6.45) is 0.405. The Morgan fingerprint density at radius 2 is 2.33 bits per heavy atom. The van der Waals surface area contributed by atoms with Gasteiger partial charge in [-0.3, -0.25) is 0 Å². The molecule has 1 fully saturated rings. The first-order chi connectivity index (χ1) is 7.29. The maximum absolute atomic E-state index is 5.67. The Hall–Kier alpha value is -1.06. The van der Waals surface area contributed by atoms with Gasteiger partial charge in [-0.2, -0.15) is 0 Å². The van der Waals surface area contributed by atoms with Crippen LogP contribution >= 0.6 is 0 Å². The molecule has 0 bridgehead atoms. The van der Waals surface area contributed by atoms with E-state index in [0.717, 1.165) is 17.9 Å². The lowest BCUT2D eigenvalue weighted by atomic mass is 10.1. The largest absolute Gasteiger partial charge is 0.497 e. The van der Waals surface area contributed by atoms with Crippen LogP contribution in [0.25, 0.3) is 0 Å². The first-order valence-electron chi connectivity index (χ1n) is 5.17. The molecule has 0 unspecified atom stereocenters. The van der Waals surface area contributed by atoms with Gasteiger partial charge in [0.2, 0.25) is 0 Å². The standard InChI is InChI=1S/C12H16O3/c1-9(14-7-12-8-15-12)10-4-3-5-11(6-10)13-2/h3-6,9,12H,7-8H2,1-2H3/t9-,12+/m1/s1. The van der Waals surface area contributed by atoms with E-state index in [1.807, 2.05) is 31.2 Å². The van der Waals surface area contributed by atoms with Crippen LogP contribution < -0.4 is 4.74 Å². The molecule has 1 heterocycles. The molecule has 0 N–H and O–H groups in total. The summed E-state index contributed by atoms with van der Waals surface area (Å²) in [6.45, 7) is 3.56. The van der Waals surface area contributed by atoms with E-state index in [0.29, 0.717) is 12.7 Å². The number of rotatable bonds is 5. The molecule has 2 rings (SSSR count). The van der Waals surface area contributed by atoms with Crippen LogP contribution in [0.15, 0.2) is 24.3 Å². The molecule has 1 aliphatic heterocycles. The van der Waals surface area contributed by atoms with Crippen LogP contribution in [-0.4, -0.2) is 26.4 Å². The molecule has 0 saturated carbocycles. The van der Waals surface area contributed by atoms with Gasteiger partial charge in [0.25, 0.3) is 0 Å². The van der Waals surface area contributed by atoms with Crippen molar-refractivity contribution in [3.63, 3.8) is 0 Å². The molecular formula is C12H16O3. The van der Waals surface area contributed by atoms with E-state index in [-0.39, 0.29) is 6.10 Å². The van der Waals surface area contributed by atoms with Crippen LogP contribution in [0.3, 0.4) is 0 Å². The summed E-state index contributed by atoms with van der Waals surface area (Å²) in [5.74, 6) is 0.866. The van der Waals surface area contributed by atoms with E-state index in [1.54, 1.807) is 7.11 Å². The second-order valence-corrected chi connectivity index (χ2v) is 3.71. The molecule has 1 saturated heterocycles. The van der Waals surface area contributed by atoms with Crippen molar-refractivity contribution < 1.29 is 14.2 Å². The highest BCUT2D eigenvalue weighted by Crippen LogP contribution is 2.22. The van der Waals surface area contributed by atoms with Gasteiger partial charge in [-0.25, -0.2) is 0 Å². The van der Waals surface area contributed by atoms with Crippen molar-refractivity contribution in [1.82, 2.24) is 0 Å². The molecule has 3 heteroatoms. The Labute approximate surface area is 90.0 Å². The summed E-state index contributed by atoms with van der Waals surface area (Å²) in [7, 11) is 1.67. The molecule has 0 aliphatic carbocycles. The van der Waals surface area contributed by atoms with Gasteiger partial charge < -0.3 is 14.2 Å². The fourth-order valence-corrected chi connectivity index (χ4v) is 1.41. The summed E-state index contributed by atoms with van der Waals surface area (Å²) in [5, 5.41) is 0. The molecule has 0 aromatic heterocycles. The summed E-state index contributed by atoms with van der Waals surface area (Å²) in [4.78, 5) is 0. The maximum Gasteiger partial charge on any atom is 0.119 e. The third-order valence-electron chi connectivity index (χ3n) is 2.50. The van der Waals surface area contributed by atoms with Gasteiger partial charge in [0, 0.05) is 0 Å². The predicted molar refractivity (Wildman–Crippen MR) is 57.1 cm³/mol. The van der Waals surface area contributed by atoms with Gasteiger partial charge >= 0.3 is 0 Å². The van der Waals surface area contributed by atoms with Crippen molar-refractivity contribution in [2.24, 2.45) is 0 Å². The lowest BCUT2D eigenvalue weighted by molar-refractivity contribution is 0.0538. The Morgan fingerprint density at radius 3 is 3.00 bits per heavy atom. The highest BCUT2D eigenvalue weighted by atomic mass is 16.6. The Morgan fingerprint density at radius 1 is 1.53 bits per heavy atom. The Kier molecular flexibility index (Phi) is 3.23. The van der Waals surface area contributed by atoms with E-state index in [2.05, 4.69) is 0 Å². The van der Waals surface area contributed by atoms with Crippen LogP contribution in [0.5, 0.6) is 5.75 Å². The minimum atomic E-state index is 0.0873. The van der Waals surface area contributed by atoms with Crippen LogP contribution in [0.2, 0.25) is 0 Å². The zero-order chi connectivity index (χ0) is 10.7. The molecule has 0 spiro atoms. The summed E-state index contributed by atoms with van der Waals surface area (Å²) >= 11 is 0. The first kappa shape index (κ1) is 10.5. The molecular weight excluding hydrogens is 192 g/mol. The van der Waals surface area contributed by atoms with Gasteiger partial charge in [-0.15, -0.1) is 0 Å². The molecule has 1 aromatic carbocycles. The van der Waals surface area contributed by atoms with E-state index in [9.17, 15) is 0 Å². The number of benzene rings is 1. The highest BCUT2D eigenvalue weighted by Gasteiger charge is 2.23. The SMILES string of the molecule is COc1cccc([C@@H](C)OC[C@H]2CO2)c1. The van der Waals surface area contributed by atoms with Crippen molar-refractivity contribution >= 4 is 0 Å². The van der Waals surface area contributed by atoms with Gasteiger partial charge in [0.1, 0.15) is 11.9 Å². The van der Waals surface area contributed by atoms with Crippen molar-refractivity contribution in [3.8, 4) is 5.75 Å². The van der Waals surface area contributed by atoms with Crippen LogP contribution in [0.4, 0.5) is 0 Å². The lowest BCUT2D eigenvalue weighted by Crippen LogP contribution is -2.06. The molecule has 3 nitrogen and oxygen atoms in total. The fraction of sp³-hybridized carbons (Fsp3) is 0.500. The van der Waals surface area contributed by atoms with Crippen LogP contribution in [-0.2, 0) is 9.47 Å². The number of hydrogen-bond acceptors (Lipinski definition) is 3. The fourth-order valence-electron chi connectivity index (χ4n) is 1.41. The second kappa shape index (κ2) is 4.64. The van der Waals surface area contributed by atoms with Crippen LogP contribution in [0, 0.1) is 0 Å². The van der Waals surface area contributed by atoms with Crippen LogP contribution in [0.1, 0.15) is 18.6 Å². The van der Waals surface area contributed by atoms with Crippen molar-refractivity contribution in [3.05, 3.63) is 29.8 Å². The second-order valence-electron chi connectivity index (χ2n) is 3.71. The molecule has 82 valence electrons.